The van der Waals surface area contributed by atoms with Crippen LogP contribution in [0.4, 0.5) is 4.79 Å². The minimum absolute atomic E-state index is 0.539. The van der Waals surface area contributed by atoms with Crippen molar-refractivity contribution in [1.82, 2.24) is 0 Å². The molecule has 0 aromatic rings. The zero-order valence-corrected chi connectivity index (χ0v) is 14.4. The predicted molar refractivity (Wildman–Crippen MR) is 90.9 cm³/mol. The van der Waals surface area contributed by atoms with Gasteiger partial charge in [0.05, 0.1) is 0 Å². The highest BCUT2D eigenvalue weighted by molar-refractivity contribution is 5.64. The first kappa shape index (κ1) is 18.8. The van der Waals surface area contributed by atoms with Gasteiger partial charge in [-0.15, -0.1) is 13.2 Å². The molecule has 1 fully saturated rings. The molecule has 1 saturated heterocycles. The van der Waals surface area contributed by atoms with Crippen molar-refractivity contribution in [3.05, 3.63) is 25.3 Å². The minimum atomic E-state index is -0.587. The Kier molecular flexibility index (Phi) is 7.70. The molecule has 1 rings (SSSR count). The number of ether oxygens (including phenoxy) is 2. The largest absolute Gasteiger partial charge is 0.509 e. The molecule has 0 unspecified atom stereocenters. The Hall–Kier alpha value is -1.25. The van der Waals surface area contributed by atoms with E-state index in [1.54, 1.807) is 6.08 Å². The fraction of sp³-hybridized carbons (Fsp3) is 0.737. The summed E-state index contributed by atoms with van der Waals surface area (Å²) in [6, 6.07) is 0. The molecule has 3 heteroatoms. The van der Waals surface area contributed by atoms with Crippen molar-refractivity contribution in [3.8, 4) is 0 Å². The van der Waals surface area contributed by atoms with Gasteiger partial charge in [0.15, 0.2) is 11.2 Å². The Balaban J connectivity index is 2.23. The molecule has 3 nitrogen and oxygen atoms in total. The van der Waals surface area contributed by atoms with Crippen LogP contribution < -0.4 is 0 Å². The van der Waals surface area contributed by atoms with Crippen LogP contribution in [-0.2, 0) is 9.47 Å². The summed E-state index contributed by atoms with van der Waals surface area (Å²) in [4.78, 5) is 11.5. The van der Waals surface area contributed by atoms with Gasteiger partial charge in [0.2, 0.25) is 0 Å². The Morgan fingerprint density at radius 3 is 2.00 bits per heavy atom. The number of carbonyl (C=O) groups excluding carboxylic acids is 1. The van der Waals surface area contributed by atoms with Crippen LogP contribution in [0.3, 0.4) is 0 Å². The van der Waals surface area contributed by atoms with Gasteiger partial charge in [0.1, 0.15) is 0 Å². The van der Waals surface area contributed by atoms with Crippen LogP contribution in [0, 0.1) is 0 Å². The van der Waals surface area contributed by atoms with E-state index in [1.807, 2.05) is 19.9 Å². The number of rotatable bonds is 12. The third-order valence-electron chi connectivity index (χ3n) is 4.83. The van der Waals surface area contributed by atoms with Crippen molar-refractivity contribution < 1.29 is 14.3 Å². The van der Waals surface area contributed by atoms with Crippen LogP contribution in [0.1, 0.15) is 78.1 Å². The van der Waals surface area contributed by atoms with E-state index in [9.17, 15) is 4.79 Å². The van der Waals surface area contributed by atoms with E-state index in [1.165, 1.54) is 38.5 Å². The van der Waals surface area contributed by atoms with E-state index in [0.717, 1.165) is 19.3 Å². The molecule has 0 bridgehead atoms. The fourth-order valence-electron chi connectivity index (χ4n) is 3.09. The second-order valence-corrected chi connectivity index (χ2v) is 6.71. The van der Waals surface area contributed by atoms with E-state index in [4.69, 9.17) is 9.47 Å². The molecule has 0 amide bonds. The predicted octanol–water partition coefficient (Wildman–Crippen LogP) is 5.94. The third-order valence-corrected chi connectivity index (χ3v) is 4.83. The zero-order valence-electron chi connectivity index (χ0n) is 14.4. The summed E-state index contributed by atoms with van der Waals surface area (Å²) in [5, 5.41) is 0. The summed E-state index contributed by atoms with van der Waals surface area (Å²) in [6.45, 7) is 11.4. The van der Waals surface area contributed by atoms with Crippen molar-refractivity contribution >= 4 is 6.16 Å². The first-order valence-electron chi connectivity index (χ1n) is 8.61. The molecule has 0 saturated carbocycles. The maximum Gasteiger partial charge on any atom is 0.509 e. The Labute approximate surface area is 135 Å². The van der Waals surface area contributed by atoms with Crippen molar-refractivity contribution in [2.45, 2.75) is 89.3 Å². The molecule has 126 valence electrons. The Morgan fingerprint density at radius 2 is 1.41 bits per heavy atom. The molecule has 0 aromatic carbocycles. The van der Waals surface area contributed by atoms with Gasteiger partial charge in [0, 0.05) is 6.42 Å². The summed E-state index contributed by atoms with van der Waals surface area (Å²) >= 11 is 0. The van der Waals surface area contributed by atoms with Gasteiger partial charge < -0.3 is 9.47 Å². The van der Waals surface area contributed by atoms with Gasteiger partial charge in [-0.25, -0.2) is 4.79 Å². The lowest BCUT2D eigenvalue weighted by Crippen LogP contribution is -2.46. The summed E-state index contributed by atoms with van der Waals surface area (Å²) in [7, 11) is 0. The van der Waals surface area contributed by atoms with E-state index in [0.29, 0.717) is 6.42 Å². The van der Waals surface area contributed by atoms with Crippen molar-refractivity contribution in [3.63, 3.8) is 0 Å². The highest BCUT2D eigenvalue weighted by Gasteiger charge is 2.55. The molecular weight excluding hydrogens is 276 g/mol. The third kappa shape index (κ3) is 5.19. The molecule has 1 aliphatic rings. The van der Waals surface area contributed by atoms with Crippen LogP contribution >= 0.6 is 0 Å². The molecule has 1 heterocycles. The lowest BCUT2D eigenvalue weighted by atomic mass is 9.79. The van der Waals surface area contributed by atoms with Crippen LogP contribution in [0.15, 0.2) is 25.3 Å². The molecular formula is C19H32O3. The lowest BCUT2D eigenvalue weighted by molar-refractivity contribution is -0.0284. The first-order chi connectivity index (χ1) is 10.5. The highest BCUT2D eigenvalue weighted by Crippen LogP contribution is 2.42. The van der Waals surface area contributed by atoms with Gasteiger partial charge >= 0.3 is 6.16 Å². The van der Waals surface area contributed by atoms with Crippen LogP contribution in [0.2, 0.25) is 0 Å². The average molecular weight is 308 g/mol. The van der Waals surface area contributed by atoms with Gasteiger partial charge in [-0.1, -0.05) is 44.3 Å². The van der Waals surface area contributed by atoms with Crippen molar-refractivity contribution in [2.75, 3.05) is 0 Å². The standard InChI is InChI=1S/C19H32O3/c1-5-7-8-9-10-11-12-13-14-16-19(4)18(3,15-6-2)21-17(20)22-19/h5-6H,1-2,7-16H2,3-4H3/t18-,19-/m1/s1. The molecule has 0 spiro atoms. The maximum atomic E-state index is 11.5. The average Bonchev–Trinajstić information content (AvgIpc) is 2.67. The molecule has 22 heavy (non-hydrogen) atoms. The van der Waals surface area contributed by atoms with E-state index in [-0.39, 0.29) is 0 Å². The van der Waals surface area contributed by atoms with Crippen molar-refractivity contribution in [1.29, 1.82) is 0 Å². The number of hydrogen-bond donors (Lipinski definition) is 0. The quantitative estimate of drug-likeness (QED) is 0.254. The molecule has 0 aliphatic carbocycles. The van der Waals surface area contributed by atoms with E-state index >= 15 is 0 Å². The first-order valence-corrected chi connectivity index (χ1v) is 8.61. The molecule has 1 aliphatic heterocycles. The van der Waals surface area contributed by atoms with Gasteiger partial charge in [-0.05, 0) is 39.5 Å². The van der Waals surface area contributed by atoms with Crippen LogP contribution in [-0.4, -0.2) is 17.4 Å². The number of cyclic esters (lactones) is 2. The summed E-state index contributed by atoms with van der Waals surface area (Å²) < 4.78 is 10.9. The van der Waals surface area contributed by atoms with E-state index < -0.39 is 17.4 Å². The van der Waals surface area contributed by atoms with E-state index in [2.05, 4.69) is 13.2 Å². The second kappa shape index (κ2) is 9.02. The van der Waals surface area contributed by atoms with Crippen molar-refractivity contribution in [2.24, 2.45) is 0 Å². The molecule has 2 atom stereocenters. The SMILES string of the molecule is C=CCCCCCCCCC[C@@]1(C)OC(=O)O[C@]1(C)CC=C. The molecule has 0 radical (unpaired) electrons. The smallest absolute Gasteiger partial charge is 0.424 e. The van der Waals surface area contributed by atoms with Crippen LogP contribution in [0.25, 0.3) is 0 Å². The molecule has 0 aromatic heterocycles. The highest BCUT2D eigenvalue weighted by atomic mass is 16.8. The van der Waals surface area contributed by atoms with Gasteiger partial charge in [0.25, 0.3) is 0 Å². The topological polar surface area (TPSA) is 35.5 Å². The Morgan fingerprint density at radius 1 is 0.864 bits per heavy atom. The second-order valence-electron chi connectivity index (χ2n) is 6.71. The summed E-state index contributed by atoms with van der Waals surface area (Å²) in [5.74, 6) is 0. The normalized spacial score (nSPS) is 27.3. The summed E-state index contributed by atoms with van der Waals surface area (Å²) in [5.41, 5.74) is -1.13. The fourth-order valence-corrected chi connectivity index (χ4v) is 3.09. The minimum Gasteiger partial charge on any atom is -0.424 e. The summed E-state index contributed by atoms with van der Waals surface area (Å²) in [6.07, 6.45) is 14.5. The number of hydrogen-bond acceptors (Lipinski definition) is 3. The van der Waals surface area contributed by atoms with Gasteiger partial charge in [-0.2, -0.15) is 0 Å². The molecule has 0 N–H and O–H groups in total. The Bertz CT molecular complexity index is 377. The van der Waals surface area contributed by atoms with Crippen LogP contribution in [0.5, 0.6) is 0 Å². The number of carbonyl (C=O) groups is 1. The number of unbranched alkanes of at least 4 members (excludes halogenated alkanes) is 7. The van der Waals surface area contributed by atoms with Gasteiger partial charge in [-0.3, -0.25) is 0 Å². The number of allylic oxidation sites excluding steroid dienone is 1. The lowest BCUT2D eigenvalue weighted by Gasteiger charge is -2.35. The zero-order chi connectivity index (χ0) is 16.5. The maximum absolute atomic E-state index is 11.5. The monoisotopic (exact) mass is 308 g/mol.